The monoisotopic (exact) mass is 285 g/mol. The van der Waals surface area contributed by atoms with E-state index >= 15 is 0 Å². The van der Waals surface area contributed by atoms with Crippen LogP contribution >= 0.6 is 0 Å². The van der Waals surface area contributed by atoms with Crippen LogP contribution in [0.3, 0.4) is 0 Å². The molecule has 0 bridgehead atoms. The molecule has 1 rings (SSSR count). The Morgan fingerprint density at radius 1 is 1.21 bits per heavy atom. The standard InChI is InChI=1S/C12H19N3O3S/c1-13-9-5-8-12(16)15-10-6-3-4-7-11(10)19(17,18)14-2/h3-4,6-7,13-14H,5,8-9H2,1-2H3,(H,15,16). The molecule has 0 radical (unpaired) electrons. The molecule has 0 aliphatic heterocycles. The molecule has 19 heavy (non-hydrogen) atoms. The van der Waals surface area contributed by atoms with Crippen molar-refractivity contribution in [3.05, 3.63) is 24.3 Å². The average molecular weight is 285 g/mol. The van der Waals surface area contributed by atoms with E-state index in [9.17, 15) is 13.2 Å². The quantitative estimate of drug-likeness (QED) is 0.638. The molecule has 0 aliphatic carbocycles. The van der Waals surface area contributed by atoms with Crippen LogP contribution in [-0.4, -0.2) is 35.0 Å². The summed E-state index contributed by atoms with van der Waals surface area (Å²) in [5.41, 5.74) is 0.298. The van der Waals surface area contributed by atoms with Crippen LogP contribution in [0.1, 0.15) is 12.8 Å². The zero-order valence-electron chi connectivity index (χ0n) is 11.1. The molecular formula is C12H19N3O3S. The molecule has 0 saturated carbocycles. The van der Waals surface area contributed by atoms with Crippen molar-refractivity contribution in [2.24, 2.45) is 0 Å². The van der Waals surface area contributed by atoms with Crippen molar-refractivity contribution in [2.75, 3.05) is 26.0 Å². The van der Waals surface area contributed by atoms with E-state index in [1.54, 1.807) is 18.2 Å². The van der Waals surface area contributed by atoms with E-state index < -0.39 is 10.0 Å². The Kier molecular flexibility index (Phi) is 5.94. The first-order chi connectivity index (χ1) is 9.01. The average Bonchev–Trinajstić information content (AvgIpc) is 2.39. The molecule has 106 valence electrons. The molecule has 1 aromatic rings. The van der Waals surface area contributed by atoms with Crippen LogP contribution in [0.2, 0.25) is 0 Å². The van der Waals surface area contributed by atoms with Crippen LogP contribution < -0.4 is 15.4 Å². The van der Waals surface area contributed by atoms with Gasteiger partial charge in [0, 0.05) is 6.42 Å². The third-order valence-electron chi connectivity index (χ3n) is 2.55. The van der Waals surface area contributed by atoms with Crippen molar-refractivity contribution in [2.45, 2.75) is 17.7 Å². The van der Waals surface area contributed by atoms with Gasteiger partial charge in [-0.2, -0.15) is 0 Å². The number of benzene rings is 1. The normalized spacial score (nSPS) is 11.3. The largest absolute Gasteiger partial charge is 0.325 e. The molecule has 0 aromatic heterocycles. The Morgan fingerprint density at radius 3 is 2.53 bits per heavy atom. The van der Waals surface area contributed by atoms with Crippen molar-refractivity contribution in [3.63, 3.8) is 0 Å². The molecule has 6 nitrogen and oxygen atoms in total. The highest BCUT2D eigenvalue weighted by molar-refractivity contribution is 7.89. The molecule has 0 heterocycles. The second kappa shape index (κ2) is 7.22. The highest BCUT2D eigenvalue weighted by Gasteiger charge is 2.17. The van der Waals surface area contributed by atoms with Gasteiger partial charge in [-0.15, -0.1) is 0 Å². The Bertz CT molecular complexity index is 529. The van der Waals surface area contributed by atoms with Crippen LogP contribution in [0.25, 0.3) is 0 Å². The summed E-state index contributed by atoms with van der Waals surface area (Å²) in [7, 11) is -0.430. The lowest BCUT2D eigenvalue weighted by Crippen LogP contribution is -2.22. The summed E-state index contributed by atoms with van der Waals surface area (Å²) in [5.74, 6) is -0.200. The van der Waals surface area contributed by atoms with E-state index in [0.29, 0.717) is 18.5 Å². The summed E-state index contributed by atoms with van der Waals surface area (Å²) in [4.78, 5) is 11.8. The fraction of sp³-hybridized carbons (Fsp3) is 0.417. The first-order valence-electron chi connectivity index (χ1n) is 5.98. The Labute approximate surface area is 113 Å². The number of amides is 1. The number of anilines is 1. The summed E-state index contributed by atoms with van der Waals surface area (Å²) in [5, 5.41) is 5.57. The highest BCUT2D eigenvalue weighted by Crippen LogP contribution is 2.20. The van der Waals surface area contributed by atoms with E-state index in [-0.39, 0.29) is 10.8 Å². The molecular weight excluding hydrogens is 266 g/mol. The lowest BCUT2D eigenvalue weighted by atomic mass is 10.2. The number of hydrogen-bond donors (Lipinski definition) is 3. The van der Waals surface area contributed by atoms with Gasteiger partial charge in [-0.1, -0.05) is 12.1 Å². The van der Waals surface area contributed by atoms with Gasteiger partial charge in [0.1, 0.15) is 4.90 Å². The molecule has 1 amide bonds. The topological polar surface area (TPSA) is 87.3 Å². The summed E-state index contributed by atoms with van der Waals surface area (Å²) in [6.07, 6.45) is 1.04. The second-order valence-electron chi connectivity index (χ2n) is 3.96. The number of para-hydroxylation sites is 1. The van der Waals surface area contributed by atoms with Gasteiger partial charge in [0.25, 0.3) is 0 Å². The fourth-order valence-electron chi connectivity index (χ4n) is 1.55. The SMILES string of the molecule is CNCCCC(=O)Nc1ccccc1S(=O)(=O)NC. The molecule has 0 spiro atoms. The first kappa shape index (κ1) is 15.6. The third-order valence-corrected chi connectivity index (χ3v) is 4.02. The maximum Gasteiger partial charge on any atom is 0.242 e. The minimum absolute atomic E-state index is 0.0690. The van der Waals surface area contributed by atoms with Gasteiger partial charge in [0.15, 0.2) is 0 Å². The van der Waals surface area contributed by atoms with E-state index in [2.05, 4.69) is 15.4 Å². The van der Waals surface area contributed by atoms with Gasteiger partial charge in [-0.25, -0.2) is 13.1 Å². The fourth-order valence-corrected chi connectivity index (χ4v) is 2.44. The number of hydrogen-bond acceptors (Lipinski definition) is 4. The van der Waals surface area contributed by atoms with Gasteiger partial charge in [0.2, 0.25) is 15.9 Å². The van der Waals surface area contributed by atoms with E-state index in [1.165, 1.54) is 13.1 Å². The second-order valence-corrected chi connectivity index (χ2v) is 5.81. The van der Waals surface area contributed by atoms with Crippen molar-refractivity contribution < 1.29 is 13.2 Å². The first-order valence-corrected chi connectivity index (χ1v) is 7.46. The maximum absolute atomic E-state index is 11.8. The van der Waals surface area contributed by atoms with Crippen molar-refractivity contribution in [1.82, 2.24) is 10.0 Å². The van der Waals surface area contributed by atoms with Crippen molar-refractivity contribution in [3.8, 4) is 0 Å². The number of nitrogens with one attached hydrogen (secondary N) is 3. The molecule has 1 aromatic carbocycles. The third kappa shape index (κ3) is 4.62. The lowest BCUT2D eigenvalue weighted by Gasteiger charge is -2.10. The summed E-state index contributed by atoms with van der Waals surface area (Å²) in [6.45, 7) is 0.740. The van der Waals surface area contributed by atoms with Gasteiger partial charge in [-0.3, -0.25) is 4.79 Å². The Hall–Kier alpha value is -1.44. The minimum Gasteiger partial charge on any atom is -0.325 e. The van der Waals surface area contributed by atoms with Gasteiger partial charge in [0.05, 0.1) is 5.69 Å². The highest BCUT2D eigenvalue weighted by atomic mass is 32.2. The molecule has 0 unspecified atom stereocenters. The number of rotatable bonds is 7. The van der Waals surface area contributed by atoms with E-state index in [0.717, 1.165) is 6.54 Å². The van der Waals surface area contributed by atoms with Gasteiger partial charge < -0.3 is 10.6 Å². The molecule has 7 heteroatoms. The summed E-state index contributed by atoms with van der Waals surface area (Å²) < 4.78 is 25.8. The van der Waals surface area contributed by atoms with Gasteiger partial charge >= 0.3 is 0 Å². The number of carbonyl (C=O) groups is 1. The van der Waals surface area contributed by atoms with Crippen LogP contribution in [0.4, 0.5) is 5.69 Å². The molecule has 3 N–H and O–H groups in total. The van der Waals surface area contributed by atoms with Crippen molar-refractivity contribution in [1.29, 1.82) is 0 Å². The predicted octanol–water partition coefficient (Wildman–Crippen LogP) is 0.533. The molecule has 0 saturated heterocycles. The number of sulfonamides is 1. The van der Waals surface area contributed by atoms with Gasteiger partial charge in [-0.05, 0) is 39.2 Å². The maximum atomic E-state index is 11.8. The Morgan fingerprint density at radius 2 is 1.89 bits per heavy atom. The van der Waals surface area contributed by atoms with Crippen LogP contribution in [-0.2, 0) is 14.8 Å². The van der Waals surface area contributed by atoms with E-state index in [4.69, 9.17) is 0 Å². The number of carbonyl (C=O) groups excluding carboxylic acids is 1. The predicted molar refractivity (Wildman–Crippen MR) is 74.5 cm³/mol. The Balaban J connectivity index is 2.82. The lowest BCUT2D eigenvalue weighted by molar-refractivity contribution is -0.116. The molecule has 0 fully saturated rings. The zero-order chi connectivity index (χ0) is 14.3. The van der Waals surface area contributed by atoms with Crippen LogP contribution in [0.15, 0.2) is 29.2 Å². The summed E-state index contributed by atoms with van der Waals surface area (Å²) >= 11 is 0. The smallest absolute Gasteiger partial charge is 0.242 e. The minimum atomic E-state index is -3.58. The van der Waals surface area contributed by atoms with E-state index in [1.807, 2.05) is 7.05 Å². The molecule has 0 aliphatic rings. The summed E-state index contributed by atoms with van der Waals surface area (Å²) in [6, 6.07) is 6.31. The van der Waals surface area contributed by atoms with Crippen LogP contribution in [0, 0.1) is 0 Å². The van der Waals surface area contributed by atoms with Crippen molar-refractivity contribution >= 4 is 21.6 Å². The molecule has 0 atom stereocenters. The van der Waals surface area contributed by atoms with Crippen LogP contribution in [0.5, 0.6) is 0 Å². The zero-order valence-corrected chi connectivity index (χ0v) is 11.9.